The Kier molecular flexibility index (Phi) is 5.86. The fourth-order valence-electron chi connectivity index (χ4n) is 3.57. The van der Waals surface area contributed by atoms with E-state index in [2.05, 4.69) is 0 Å². The lowest BCUT2D eigenvalue weighted by Crippen LogP contribution is -2.45. The summed E-state index contributed by atoms with van der Waals surface area (Å²) in [4.78, 5) is 26.3. The van der Waals surface area contributed by atoms with E-state index in [1.54, 1.807) is 0 Å². The van der Waals surface area contributed by atoms with Gasteiger partial charge in [-0.3, -0.25) is 9.59 Å². The van der Waals surface area contributed by atoms with Crippen LogP contribution in [0.1, 0.15) is 64.2 Å². The molecule has 4 nitrogen and oxygen atoms in total. The van der Waals surface area contributed by atoms with Crippen molar-refractivity contribution in [2.75, 3.05) is 13.7 Å². The summed E-state index contributed by atoms with van der Waals surface area (Å²) in [6, 6.07) is 0.254. The van der Waals surface area contributed by atoms with E-state index in [4.69, 9.17) is 4.74 Å². The van der Waals surface area contributed by atoms with E-state index < -0.39 is 0 Å². The molecule has 0 aliphatic heterocycles. The van der Waals surface area contributed by atoms with Crippen LogP contribution in [0.15, 0.2) is 0 Å². The Balaban J connectivity index is 2.03. The van der Waals surface area contributed by atoms with E-state index in [0.717, 1.165) is 38.5 Å². The number of rotatable bonds is 4. The molecule has 20 heavy (non-hydrogen) atoms. The molecule has 2 aliphatic carbocycles. The largest absolute Gasteiger partial charge is 0.468 e. The summed E-state index contributed by atoms with van der Waals surface area (Å²) in [6.07, 6.45) is 11.2. The van der Waals surface area contributed by atoms with Crippen molar-refractivity contribution >= 4 is 11.9 Å². The van der Waals surface area contributed by atoms with Crippen LogP contribution in [0.3, 0.4) is 0 Å². The third-order valence-electron chi connectivity index (χ3n) is 4.78. The van der Waals surface area contributed by atoms with Crippen LogP contribution in [0.4, 0.5) is 0 Å². The number of hydrogen-bond donors (Lipinski definition) is 0. The van der Waals surface area contributed by atoms with E-state index in [1.165, 1.54) is 32.8 Å². The maximum Gasteiger partial charge on any atom is 0.325 e. The molecular weight excluding hydrogens is 254 g/mol. The predicted molar refractivity (Wildman–Crippen MR) is 77.2 cm³/mol. The highest BCUT2D eigenvalue weighted by Crippen LogP contribution is 2.29. The van der Waals surface area contributed by atoms with E-state index in [1.807, 2.05) is 4.90 Å². The molecule has 0 heterocycles. The molecule has 2 aliphatic rings. The average molecular weight is 281 g/mol. The summed E-state index contributed by atoms with van der Waals surface area (Å²) in [7, 11) is 1.39. The van der Waals surface area contributed by atoms with Gasteiger partial charge in [0.1, 0.15) is 6.54 Å². The van der Waals surface area contributed by atoms with Crippen molar-refractivity contribution in [3.8, 4) is 0 Å². The van der Waals surface area contributed by atoms with Crippen LogP contribution >= 0.6 is 0 Å². The second-order valence-corrected chi connectivity index (χ2v) is 6.17. The van der Waals surface area contributed by atoms with Crippen molar-refractivity contribution in [3.63, 3.8) is 0 Å². The molecule has 0 aromatic rings. The van der Waals surface area contributed by atoms with Crippen LogP contribution in [-0.2, 0) is 14.3 Å². The maximum absolute atomic E-state index is 12.8. The highest BCUT2D eigenvalue weighted by Gasteiger charge is 2.32. The number of amides is 1. The van der Waals surface area contributed by atoms with Gasteiger partial charge in [-0.1, -0.05) is 38.5 Å². The van der Waals surface area contributed by atoms with Gasteiger partial charge < -0.3 is 9.64 Å². The first-order chi connectivity index (χ1) is 9.72. The van der Waals surface area contributed by atoms with Crippen molar-refractivity contribution < 1.29 is 14.3 Å². The molecule has 0 atom stereocenters. The van der Waals surface area contributed by atoms with Crippen molar-refractivity contribution in [2.45, 2.75) is 70.3 Å². The van der Waals surface area contributed by atoms with Gasteiger partial charge in [0.05, 0.1) is 7.11 Å². The fourth-order valence-corrected chi connectivity index (χ4v) is 3.57. The molecule has 0 bridgehead atoms. The van der Waals surface area contributed by atoms with E-state index in [9.17, 15) is 9.59 Å². The third kappa shape index (κ3) is 3.97. The summed E-state index contributed by atoms with van der Waals surface area (Å²) >= 11 is 0. The zero-order valence-corrected chi connectivity index (χ0v) is 12.6. The van der Waals surface area contributed by atoms with Gasteiger partial charge >= 0.3 is 5.97 Å². The normalized spacial score (nSPS) is 21.4. The fraction of sp³-hybridized carbons (Fsp3) is 0.875. The number of carbonyl (C=O) groups is 2. The Morgan fingerprint density at radius 1 is 0.950 bits per heavy atom. The Hall–Kier alpha value is -1.06. The predicted octanol–water partition coefficient (Wildman–Crippen LogP) is 2.90. The van der Waals surface area contributed by atoms with Crippen molar-refractivity contribution in [1.82, 2.24) is 4.90 Å². The van der Waals surface area contributed by atoms with Crippen LogP contribution in [0.2, 0.25) is 0 Å². The van der Waals surface area contributed by atoms with Crippen molar-refractivity contribution in [1.29, 1.82) is 0 Å². The molecule has 0 aromatic heterocycles. The molecule has 4 heteroatoms. The van der Waals surface area contributed by atoms with Gasteiger partial charge in [-0.15, -0.1) is 0 Å². The molecule has 0 unspecified atom stereocenters. The minimum atomic E-state index is -0.293. The highest BCUT2D eigenvalue weighted by molar-refractivity contribution is 5.84. The quantitative estimate of drug-likeness (QED) is 0.588. The van der Waals surface area contributed by atoms with Gasteiger partial charge in [0.15, 0.2) is 0 Å². The van der Waals surface area contributed by atoms with Crippen LogP contribution in [0.25, 0.3) is 0 Å². The Morgan fingerprint density at radius 3 is 2.05 bits per heavy atom. The lowest BCUT2D eigenvalue weighted by atomic mass is 9.97. The van der Waals surface area contributed by atoms with E-state index >= 15 is 0 Å². The topological polar surface area (TPSA) is 46.6 Å². The Morgan fingerprint density at radius 2 is 1.50 bits per heavy atom. The minimum absolute atomic E-state index is 0.128. The van der Waals surface area contributed by atoms with E-state index in [0.29, 0.717) is 0 Å². The zero-order valence-electron chi connectivity index (χ0n) is 12.6. The first-order valence-corrected chi connectivity index (χ1v) is 8.09. The molecule has 114 valence electrons. The first kappa shape index (κ1) is 15.3. The highest BCUT2D eigenvalue weighted by atomic mass is 16.5. The SMILES string of the molecule is COC(=O)CN(C(=O)C1CCCCCC1)C1CCCC1. The summed E-state index contributed by atoms with van der Waals surface area (Å²) in [5.74, 6) is 0.0332. The molecule has 2 rings (SSSR count). The maximum atomic E-state index is 12.8. The summed E-state index contributed by atoms with van der Waals surface area (Å²) < 4.78 is 4.77. The number of carbonyl (C=O) groups excluding carboxylic acids is 2. The smallest absolute Gasteiger partial charge is 0.325 e. The van der Waals surface area contributed by atoms with Gasteiger partial charge in [0, 0.05) is 12.0 Å². The molecule has 0 spiro atoms. The van der Waals surface area contributed by atoms with E-state index in [-0.39, 0.29) is 30.4 Å². The van der Waals surface area contributed by atoms with Crippen LogP contribution in [-0.4, -0.2) is 36.5 Å². The molecule has 0 N–H and O–H groups in total. The first-order valence-electron chi connectivity index (χ1n) is 8.09. The molecule has 0 radical (unpaired) electrons. The van der Waals surface area contributed by atoms with Crippen LogP contribution in [0, 0.1) is 5.92 Å². The minimum Gasteiger partial charge on any atom is -0.468 e. The summed E-state index contributed by atoms with van der Waals surface area (Å²) in [5.41, 5.74) is 0. The van der Waals surface area contributed by atoms with Gasteiger partial charge in [-0.25, -0.2) is 0 Å². The monoisotopic (exact) mass is 281 g/mol. The Labute approximate surface area is 121 Å². The zero-order chi connectivity index (χ0) is 14.4. The molecule has 0 saturated heterocycles. The lowest BCUT2D eigenvalue weighted by Gasteiger charge is -2.31. The van der Waals surface area contributed by atoms with Gasteiger partial charge in [0.25, 0.3) is 0 Å². The third-order valence-corrected chi connectivity index (χ3v) is 4.78. The number of esters is 1. The molecule has 1 amide bonds. The number of hydrogen-bond acceptors (Lipinski definition) is 3. The Bertz CT molecular complexity index is 329. The van der Waals surface area contributed by atoms with Crippen LogP contribution in [0.5, 0.6) is 0 Å². The molecule has 2 fully saturated rings. The van der Waals surface area contributed by atoms with Crippen LogP contribution < -0.4 is 0 Å². The van der Waals surface area contributed by atoms with Gasteiger partial charge in [0.2, 0.25) is 5.91 Å². The molecular formula is C16H27NO3. The average Bonchev–Trinajstić information content (AvgIpc) is 2.85. The second-order valence-electron chi connectivity index (χ2n) is 6.17. The molecule has 0 aromatic carbocycles. The molecule has 2 saturated carbocycles. The standard InChI is InChI=1S/C16H27NO3/c1-20-15(18)12-17(14-10-6-7-11-14)16(19)13-8-4-2-3-5-9-13/h13-14H,2-12H2,1H3. The lowest BCUT2D eigenvalue weighted by molar-refractivity contribution is -0.150. The van der Waals surface area contributed by atoms with Crippen molar-refractivity contribution in [3.05, 3.63) is 0 Å². The summed E-state index contributed by atoms with van der Waals surface area (Å²) in [5, 5.41) is 0. The summed E-state index contributed by atoms with van der Waals surface area (Å²) in [6.45, 7) is 0.135. The van der Waals surface area contributed by atoms with Crippen molar-refractivity contribution in [2.24, 2.45) is 5.92 Å². The van der Waals surface area contributed by atoms with Gasteiger partial charge in [-0.05, 0) is 25.7 Å². The number of nitrogens with zero attached hydrogens (tertiary/aromatic N) is 1. The second kappa shape index (κ2) is 7.65. The number of methoxy groups -OCH3 is 1. The number of ether oxygens (including phenoxy) is 1. The van der Waals surface area contributed by atoms with Gasteiger partial charge in [-0.2, -0.15) is 0 Å².